The van der Waals surface area contributed by atoms with Gasteiger partial charge in [-0.2, -0.15) is 0 Å². The summed E-state index contributed by atoms with van der Waals surface area (Å²) < 4.78 is 12.2. The van der Waals surface area contributed by atoms with E-state index in [-0.39, 0.29) is 10.8 Å². The largest absolute Gasteiger partial charge is 0.423 e. The van der Waals surface area contributed by atoms with Crippen LogP contribution in [0, 0.1) is 23.7 Å². The highest BCUT2D eigenvalue weighted by atomic mass is 16.5. The molecule has 2 aliphatic heterocycles. The van der Waals surface area contributed by atoms with Crippen LogP contribution >= 0.6 is 0 Å². The number of carbonyl (C=O) groups is 2. The normalized spacial score (nSPS) is 32.4. The van der Waals surface area contributed by atoms with Crippen molar-refractivity contribution < 1.29 is 19.1 Å². The molecule has 8 aliphatic rings. The molecule has 0 N–H and O–H groups in total. The molecule has 0 aromatic heterocycles. The molecule has 2 saturated heterocycles. The van der Waals surface area contributed by atoms with Crippen LogP contribution in [0.5, 0.6) is 11.5 Å². The standard InChI is InChI=1S/C50H60N2O4/c53-47(55-39-18-16-35-27-45-41-14-1-3-20-49(41,43(35)29-39)22-24-51(45)31-33-8-5-9-33)37-12-7-13-38(26-37)48(54)56-40-19-17-36-28-46-42-15-2-4-21-50(42,44(36)30-40)23-25-52(46)32-34-10-6-11-34/h7,12-13,16-19,26,29-30,33-34,41-42,45-46H,1-6,8-11,14-15,20-25,27-28,31-32H2/t41-,42-,45+,46+,49+,50+/m0/s1. The number of rotatable bonds is 8. The summed E-state index contributed by atoms with van der Waals surface area (Å²) in [6.45, 7) is 4.94. The summed E-state index contributed by atoms with van der Waals surface area (Å²) in [6, 6.07) is 21.0. The second kappa shape index (κ2) is 14.1. The monoisotopic (exact) mass is 752 g/mol. The van der Waals surface area contributed by atoms with Crippen molar-refractivity contribution in [2.24, 2.45) is 23.7 Å². The zero-order valence-electron chi connectivity index (χ0n) is 33.3. The van der Waals surface area contributed by atoms with Gasteiger partial charge in [0.2, 0.25) is 0 Å². The van der Waals surface area contributed by atoms with Crippen LogP contribution < -0.4 is 9.47 Å². The van der Waals surface area contributed by atoms with Gasteiger partial charge in [0.25, 0.3) is 0 Å². The first-order valence-electron chi connectivity index (χ1n) is 22.8. The molecule has 6 aliphatic carbocycles. The van der Waals surface area contributed by atoms with Gasteiger partial charge in [-0.15, -0.1) is 0 Å². The van der Waals surface area contributed by atoms with E-state index in [0.717, 1.165) is 24.7 Å². The van der Waals surface area contributed by atoms with Gasteiger partial charge in [-0.05, 0) is 179 Å². The van der Waals surface area contributed by atoms with Crippen molar-refractivity contribution in [2.75, 3.05) is 26.2 Å². The SMILES string of the molecule is O=C(Oc1ccc2c(c1)[C@@]13CCCC[C@H]1[C@@H](C2)N(CC1CCC1)CC3)c1cccc(C(=O)Oc2ccc3c(c2)[C@@]24CCCC[C@H]2[C@@H](C3)N(CC2CCC2)CC4)c1. The fraction of sp³-hybridized carbons (Fsp3) is 0.600. The Morgan fingerprint density at radius 3 is 1.48 bits per heavy atom. The topological polar surface area (TPSA) is 59.1 Å². The lowest BCUT2D eigenvalue weighted by atomic mass is 9.52. The summed E-state index contributed by atoms with van der Waals surface area (Å²) in [4.78, 5) is 33.1. The van der Waals surface area contributed by atoms with Crippen molar-refractivity contribution in [3.05, 3.63) is 94.0 Å². The number of ether oxygens (including phenoxy) is 2. The highest BCUT2D eigenvalue weighted by Crippen LogP contribution is 2.58. The van der Waals surface area contributed by atoms with E-state index in [9.17, 15) is 9.59 Å². The Hall–Kier alpha value is -3.48. The Labute approximate surface area is 333 Å². The van der Waals surface area contributed by atoms with Gasteiger partial charge in [-0.1, -0.05) is 56.7 Å². The minimum absolute atomic E-state index is 0.196. The molecule has 2 heterocycles. The van der Waals surface area contributed by atoms with Crippen LogP contribution in [0.2, 0.25) is 0 Å². The first kappa shape index (κ1) is 35.7. The Morgan fingerprint density at radius 1 is 0.554 bits per heavy atom. The third-order valence-corrected chi connectivity index (χ3v) is 17.0. The first-order chi connectivity index (χ1) is 27.5. The fourth-order valence-corrected chi connectivity index (χ4v) is 13.8. The van der Waals surface area contributed by atoms with Gasteiger partial charge in [-0.3, -0.25) is 9.80 Å². The smallest absolute Gasteiger partial charge is 0.343 e. The molecule has 0 unspecified atom stereocenters. The predicted molar refractivity (Wildman–Crippen MR) is 219 cm³/mol. The molecule has 0 amide bonds. The van der Waals surface area contributed by atoms with Gasteiger partial charge < -0.3 is 9.47 Å². The molecule has 294 valence electrons. The lowest BCUT2D eigenvalue weighted by molar-refractivity contribution is -0.0240. The molecule has 6 heteroatoms. The van der Waals surface area contributed by atoms with Gasteiger partial charge in [0.1, 0.15) is 11.5 Å². The molecule has 6 fully saturated rings. The second-order valence-electron chi connectivity index (χ2n) is 19.6. The molecule has 11 rings (SSSR count). The molecule has 56 heavy (non-hydrogen) atoms. The van der Waals surface area contributed by atoms with E-state index in [1.54, 1.807) is 24.3 Å². The fourth-order valence-electron chi connectivity index (χ4n) is 13.8. The van der Waals surface area contributed by atoms with Crippen LogP contribution in [0.25, 0.3) is 0 Å². The Kier molecular flexibility index (Phi) is 8.99. The molecule has 3 aromatic carbocycles. The van der Waals surface area contributed by atoms with E-state index in [1.165, 1.54) is 151 Å². The Morgan fingerprint density at radius 2 is 1.04 bits per heavy atom. The summed E-state index contributed by atoms with van der Waals surface area (Å²) in [5.41, 5.74) is 6.89. The minimum Gasteiger partial charge on any atom is -0.423 e. The number of piperidine rings is 2. The molecule has 0 radical (unpaired) electrons. The van der Waals surface area contributed by atoms with Crippen molar-refractivity contribution >= 4 is 11.9 Å². The number of esters is 2. The molecule has 4 bridgehead atoms. The van der Waals surface area contributed by atoms with Gasteiger partial charge >= 0.3 is 11.9 Å². The zero-order chi connectivity index (χ0) is 37.4. The average Bonchev–Trinajstić information content (AvgIpc) is 3.19. The maximum absolute atomic E-state index is 13.7. The summed E-state index contributed by atoms with van der Waals surface area (Å²) in [5.74, 6) is 3.53. The second-order valence-corrected chi connectivity index (χ2v) is 19.6. The third-order valence-electron chi connectivity index (χ3n) is 17.0. The Bertz CT molecular complexity index is 1880. The number of likely N-dealkylation sites (tertiary alicyclic amines) is 2. The van der Waals surface area contributed by atoms with E-state index in [0.29, 0.717) is 46.5 Å². The number of nitrogens with zero attached hydrogens (tertiary/aromatic N) is 2. The lowest BCUT2D eigenvalue weighted by Crippen LogP contribution is -2.61. The van der Waals surface area contributed by atoms with Crippen molar-refractivity contribution in [1.29, 1.82) is 0 Å². The van der Waals surface area contributed by atoms with E-state index in [4.69, 9.17) is 9.47 Å². The molecule has 6 nitrogen and oxygen atoms in total. The lowest BCUT2D eigenvalue weighted by Gasteiger charge is -2.59. The maximum Gasteiger partial charge on any atom is 0.343 e. The van der Waals surface area contributed by atoms with Crippen LogP contribution in [-0.2, 0) is 23.7 Å². The number of benzene rings is 3. The van der Waals surface area contributed by atoms with Crippen molar-refractivity contribution in [1.82, 2.24) is 9.80 Å². The van der Waals surface area contributed by atoms with Crippen molar-refractivity contribution in [2.45, 2.75) is 138 Å². The van der Waals surface area contributed by atoms with Gasteiger partial charge in [0, 0.05) is 36.0 Å². The van der Waals surface area contributed by atoms with Gasteiger partial charge in [-0.25, -0.2) is 9.59 Å². The molecular weight excluding hydrogens is 693 g/mol. The predicted octanol–water partition coefficient (Wildman–Crippen LogP) is 9.84. The summed E-state index contributed by atoms with van der Waals surface area (Å²) in [7, 11) is 0. The summed E-state index contributed by atoms with van der Waals surface area (Å²) >= 11 is 0. The molecule has 0 spiro atoms. The molecule has 4 saturated carbocycles. The van der Waals surface area contributed by atoms with Crippen LogP contribution in [0.15, 0.2) is 60.7 Å². The van der Waals surface area contributed by atoms with Crippen molar-refractivity contribution in [3.8, 4) is 11.5 Å². The van der Waals surface area contributed by atoms with E-state index in [1.807, 2.05) is 12.1 Å². The van der Waals surface area contributed by atoms with Crippen LogP contribution in [-0.4, -0.2) is 60.0 Å². The number of carbonyl (C=O) groups excluding carboxylic acids is 2. The van der Waals surface area contributed by atoms with E-state index < -0.39 is 11.9 Å². The average molecular weight is 753 g/mol. The third kappa shape index (κ3) is 5.93. The highest BCUT2D eigenvalue weighted by Gasteiger charge is 2.55. The van der Waals surface area contributed by atoms with Crippen LogP contribution in [0.3, 0.4) is 0 Å². The minimum atomic E-state index is -0.435. The quantitative estimate of drug-likeness (QED) is 0.169. The Balaban J connectivity index is 0.795. The van der Waals surface area contributed by atoms with Gasteiger partial charge in [0.05, 0.1) is 11.1 Å². The van der Waals surface area contributed by atoms with Crippen LogP contribution in [0.1, 0.15) is 146 Å². The van der Waals surface area contributed by atoms with E-state index in [2.05, 4.69) is 34.1 Å². The van der Waals surface area contributed by atoms with Gasteiger partial charge in [0.15, 0.2) is 0 Å². The maximum atomic E-state index is 13.7. The highest BCUT2D eigenvalue weighted by molar-refractivity contribution is 5.96. The summed E-state index contributed by atoms with van der Waals surface area (Å²) in [5, 5.41) is 0. The molecule has 6 atom stereocenters. The summed E-state index contributed by atoms with van der Waals surface area (Å²) in [6.07, 6.45) is 23.4. The number of hydrogen-bond donors (Lipinski definition) is 0. The molecular formula is C50H60N2O4. The van der Waals surface area contributed by atoms with E-state index >= 15 is 0 Å². The first-order valence-corrected chi connectivity index (χ1v) is 22.8. The van der Waals surface area contributed by atoms with Crippen LogP contribution in [0.4, 0.5) is 0 Å². The zero-order valence-corrected chi connectivity index (χ0v) is 33.3. The molecule has 3 aromatic rings. The number of hydrogen-bond acceptors (Lipinski definition) is 6. The number of fused-ring (bicyclic) bond motifs is 2. The van der Waals surface area contributed by atoms with Crippen molar-refractivity contribution in [3.63, 3.8) is 0 Å².